The molecule has 1 heterocycles. The van der Waals surface area contributed by atoms with Crippen molar-refractivity contribution < 1.29 is 4.74 Å². The van der Waals surface area contributed by atoms with Crippen molar-refractivity contribution in [1.82, 2.24) is 4.98 Å². The number of pyridine rings is 1. The van der Waals surface area contributed by atoms with Gasteiger partial charge in [-0.15, -0.1) is 0 Å². The van der Waals surface area contributed by atoms with Crippen LogP contribution in [0.5, 0.6) is 0 Å². The van der Waals surface area contributed by atoms with Gasteiger partial charge < -0.3 is 4.74 Å². The second-order valence-corrected chi connectivity index (χ2v) is 6.05. The zero-order chi connectivity index (χ0) is 13.0. The lowest BCUT2D eigenvalue weighted by atomic mass is 9.83. The Balaban J connectivity index is 1.77. The van der Waals surface area contributed by atoms with Crippen LogP contribution in [0, 0.1) is 11.8 Å². The first-order valence-corrected chi connectivity index (χ1v) is 7.28. The molecule has 0 spiro atoms. The molecule has 1 aromatic heterocycles. The second-order valence-electron chi connectivity index (χ2n) is 5.25. The minimum Gasteiger partial charge on any atom is -0.376 e. The van der Waals surface area contributed by atoms with Gasteiger partial charge in [0.05, 0.1) is 11.6 Å². The molecule has 4 heteroatoms. The highest BCUT2D eigenvalue weighted by atomic mass is 35.5. The fourth-order valence-corrected chi connectivity index (χ4v) is 3.01. The summed E-state index contributed by atoms with van der Waals surface area (Å²) in [6.45, 7) is 3.67. The SMILES string of the molecule is CC1CCCC(COCc2cnc(Cl)cc2Cl)C1. The van der Waals surface area contributed by atoms with E-state index in [1.54, 1.807) is 12.3 Å². The van der Waals surface area contributed by atoms with Gasteiger partial charge in [0, 0.05) is 18.4 Å². The van der Waals surface area contributed by atoms with Gasteiger partial charge in [-0.05, 0) is 30.7 Å². The van der Waals surface area contributed by atoms with Gasteiger partial charge in [0.1, 0.15) is 5.15 Å². The third-order valence-electron chi connectivity index (χ3n) is 3.55. The molecule has 0 bridgehead atoms. The third-order valence-corrected chi connectivity index (χ3v) is 4.11. The Labute approximate surface area is 119 Å². The highest BCUT2D eigenvalue weighted by Gasteiger charge is 2.18. The minimum absolute atomic E-state index is 0.421. The Bertz CT molecular complexity index is 397. The zero-order valence-corrected chi connectivity index (χ0v) is 12.2. The Morgan fingerprint density at radius 2 is 2.22 bits per heavy atom. The van der Waals surface area contributed by atoms with Crippen LogP contribution in [0.2, 0.25) is 10.2 Å². The van der Waals surface area contributed by atoms with Gasteiger partial charge in [-0.2, -0.15) is 0 Å². The molecule has 100 valence electrons. The molecule has 0 saturated heterocycles. The van der Waals surface area contributed by atoms with Crippen LogP contribution in [0.25, 0.3) is 0 Å². The van der Waals surface area contributed by atoms with Gasteiger partial charge in [0.2, 0.25) is 0 Å². The van der Waals surface area contributed by atoms with Gasteiger partial charge in [0.25, 0.3) is 0 Å². The van der Waals surface area contributed by atoms with Crippen molar-refractivity contribution in [2.24, 2.45) is 11.8 Å². The summed E-state index contributed by atoms with van der Waals surface area (Å²) in [7, 11) is 0. The van der Waals surface area contributed by atoms with Crippen LogP contribution in [0.4, 0.5) is 0 Å². The van der Waals surface area contributed by atoms with Crippen molar-refractivity contribution in [1.29, 1.82) is 0 Å². The van der Waals surface area contributed by atoms with Gasteiger partial charge in [-0.3, -0.25) is 0 Å². The van der Waals surface area contributed by atoms with E-state index in [0.717, 1.165) is 18.1 Å². The van der Waals surface area contributed by atoms with Gasteiger partial charge >= 0.3 is 0 Å². The quantitative estimate of drug-likeness (QED) is 0.747. The van der Waals surface area contributed by atoms with Crippen LogP contribution >= 0.6 is 23.2 Å². The summed E-state index contributed by atoms with van der Waals surface area (Å²) < 4.78 is 5.76. The van der Waals surface area contributed by atoms with Crippen LogP contribution in [0.1, 0.15) is 38.2 Å². The largest absolute Gasteiger partial charge is 0.376 e. The molecule has 0 radical (unpaired) electrons. The molecule has 18 heavy (non-hydrogen) atoms. The lowest BCUT2D eigenvalue weighted by Crippen LogP contribution is -2.18. The minimum atomic E-state index is 0.421. The molecule has 0 aliphatic heterocycles. The maximum absolute atomic E-state index is 6.07. The molecular formula is C14H19Cl2NO. The normalized spacial score (nSPS) is 24.2. The summed E-state index contributed by atoms with van der Waals surface area (Å²) >= 11 is 11.8. The molecule has 0 aromatic carbocycles. The number of halogens is 2. The molecule has 2 rings (SSSR count). The Kier molecular flexibility index (Phi) is 5.28. The van der Waals surface area contributed by atoms with Crippen molar-refractivity contribution in [3.8, 4) is 0 Å². The molecule has 1 fully saturated rings. The van der Waals surface area contributed by atoms with E-state index in [-0.39, 0.29) is 0 Å². The van der Waals surface area contributed by atoms with E-state index in [4.69, 9.17) is 27.9 Å². The van der Waals surface area contributed by atoms with Gasteiger partial charge in [-0.25, -0.2) is 4.98 Å². The predicted molar refractivity (Wildman–Crippen MR) is 75.0 cm³/mol. The summed E-state index contributed by atoms with van der Waals surface area (Å²) in [5.41, 5.74) is 0.907. The predicted octanol–water partition coefficient (Wildman–Crippen LogP) is 4.73. The summed E-state index contributed by atoms with van der Waals surface area (Å²) in [5, 5.41) is 1.05. The number of ether oxygens (including phenoxy) is 1. The highest BCUT2D eigenvalue weighted by molar-refractivity contribution is 6.34. The molecule has 1 saturated carbocycles. The zero-order valence-electron chi connectivity index (χ0n) is 10.7. The molecule has 1 aliphatic carbocycles. The molecule has 2 atom stereocenters. The van der Waals surface area contributed by atoms with E-state index in [1.165, 1.54) is 25.7 Å². The fourth-order valence-electron chi connectivity index (χ4n) is 2.59. The first kappa shape index (κ1) is 14.1. The molecule has 2 nitrogen and oxygen atoms in total. The fraction of sp³-hybridized carbons (Fsp3) is 0.643. The summed E-state index contributed by atoms with van der Waals surface area (Å²) in [6.07, 6.45) is 6.96. The number of aromatic nitrogens is 1. The van der Waals surface area contributed by atoms with Crippen LogP contribution in [0.15, 0.2) is 12.3 Å². The topological polar surface area (TPSA) is 22.1 Å². The first-order valence-electron chi connectivity index (χ1n) is 6.53. The van der Waals surface area contributed by atoms with E-state index < -0.39 is 0 Å². The maximum atomic E-state index is 6.07. The van der Waals surface area contributed by atoms with Crippen molar-refractivity contribution in [2.45, 2.75) is 39.2 Å². The number of hydrogen-bond donors (Lipinski definition) is 0. The summed E-state index contributed by atoms with van der Waals surface area (Å²) in [4.78, 5) is 4.02. The average Bonchev–Trinajstić information content (AvgIpc) is 2.32. The molecular weight excluding hydrogens is 269 g/mol. The van der Waals surface area contributed by atoms with E-state index in [9.17, 15) is 0 Å². The Morgan fingerprint density at radius 1 is 1.39 bits per heavy atom. The van der Waals surface area contributed by atoms with Crippen LogP contribution < -0.4 is 0 Å². The van der Waals surface area contributed by atoms with E-state index in [1.807, 2.05) is 0 Å². The van der Waals surface area contributed by atoms with E-state index >= 15 is 0 Å². The number of hydrogen-bond acceptors (Lipinski definition) is 2. The monoisotopic (exact) mass is 287 g/mol. The van der Waals surface area contributed by atoms with E-state index in [0.29, 0.717) is 22.7 Å². The smallest absolute Gasteiger partial charge is 0.130 e. The molecule has 1 aliphatic rings. The number of nitrogens with zero attached hydrogens (tertiary/aromatic N) is 1. The van der Waals surface area contributed by atoms with Crippen molar-refractivity contribution in [3.05, 3.63) is 28.0 Å². The van der Waals surface area contributed by atoms with Gasteiger partial charge in [-0.1, -0.05) is 43.0 Å². The highest BCUT2D eigenvalue weighted by Crippen LogP contribution is 2.29. The van der Waals surface area contributed by atoms with Crippen molar-refractivity contribution >= 4 is 23.2 Å². The molecule has 0 N–H and O–H groups in total. The third kappa shape index (κ3) is 4.11. The lowest BCUT2D eigenvalue weighted by molar-refractivity contribution is 0.0657. The average molecular weight is 288 g/mol. The summed E-state index contributed by atoms with van der Waals surface area (Å²) in [6, 6.07) is 1.66. The standard InChI is InChI=1S/C14H19Cl2NO/c1-10-3-2-4-11(5-10)8-18-9-12-7-17-14(16)6-13(12)15/h6-7,10-11H,2-5,8-9H2,1H3. The maximum Gasteiger partial charge on any atom is 0.130 e. The lowest BCUT2D eigenvalue weighted by Gasteiger charge is -2.26. The number of rotatable bonds is 4. The van der Waals surface area contributed by atoms with Crippen LogP contribution in [-0.4, -0.2) is 11.6 Å². The van der Waals surface area contributed by atoms with Gasteiger partial charge in [0.15, 0.2) is 0 Å². The molecule has 1 aromatic rings. The summed E-state index contributed by atoms with van der Waals surface area (Å²) in [5.74, 6) is 1.54. The van der Waals surface area contributed by atoms with Crippen molar-refractivity contribution in [3.63, 3.8) is 0 Å². The molecule has 2 unspecified atom stereocenters. The van der Waals surface area contributed by atoms with Crippen LogP contribution in [-0.2, 0) is 11.3 Å². The Hall–Kier alpha value is -0.310. The molecule has 0 amide bonds. The Morgan fingerprint density at radius 3 is 2.94 bits per heavy atom. The van der Waals surface area contributed by atoms with E-state index in [2.05, 4.69) is 11.9 Å². The second kappa shape index (κ2) is 6.74. The first-order chi connectivity index (χ1) is 8.65. The van der Waals surface area contributed by atoms with Crippen LogP contribution in [0.3, 0.4) is 0 Å². The van der Waals surface area contributed by atoms with Crippen molar-refractivity contribution in [2.75, 3.05) is 6.61 Å².